The number of halogens is 2. The van der Waals surface area contributed by atoms with E-state index in [1.807, 2.05) is 11.8 Å². The van der Waals surface area contributed by atoms with Gasteiger partial charge in [0.25, 0.3) is 0 Å². The first-order chi connectivity index (χ1) is 10.6. The molecule has 4 nitrogen and oxygen atoms in total. The van der Waals surface area contributed by atoms with Gasteiger partial charge in [-0.15, -0.1) is 12.4 Å². The molecular weight excluding hydrogens is 319 g/mol. The first-order valence-electron chi connectivity index (χ1n) is 7.98. The highest BCUT2D eigenvalue weighted by molar-refractivity contribution is 5.85. The molecule has 0 radical (unpaired) electrons. The van der Waals surface area contributed by atoms with Crippen LogP contribution in [0.25, 0.3) is 0 Å². The zero-order chi connectivity index (χ0) is 15.9. The van der Waals surface area contributed by atoms with Crippen molar-refractivity contribution in [2.24, 2.45) is 11.7 Å². The van der Waals surface area contributed by atoms with Crippen molar-refractivity contribution in [2.45, 2.75) is 38.6 Å². The third kappa shape index (κ3) is 5.99. The summed E-state index contributed by atoms with van der Waals surface area (Å²) in [6, 6.07) is 6.51. The number of carbonyl (C=O) groups is 1. The summed E-state index contributed by atoms with van der Waals surface area (Å²) >= 11 is 0. The van der Waals surface area contributed by atoms with Gasteiger partial charge in [0.2, 0.25) is 5.91 Å². The molecule has 1 atom stereocenters. The molecule has 23 heavy (non-hydrogen) atoms. The van der Waals surface area contributed by atoms with Crippen LogP contribution in [0.3, 0.4) is 0 Å². The molecule has 1 heterocycles. The first kappa shape index (κ1) is 19.7. The number of nitrogens with zero attached hydrogens (tertiary/aromatic N) is 1. The molecule has 1 aromatic rings. The minimum Gasteiger partial charge on any atom is -0.491 e. The summed E-state index contributed by atoms with van der Waals surface area (Å²) in [5, 5.41) is 0. The van der Waals surface area contributed by atoms with Crippen LogP contribution in [0, 0.1) is 11.7 Å². The summed E-state index contributed by atoms with van der Waals surface area (Å²) in [6.07, 6.45) is 3.00. The maximum absolute atomic E-state index is 13.4. The highest BCUT2D eigenvalue weighted by Gasteiger charge is 2.24. The van der Waals surface area contributed by atoms with Crippen molar-refractivity contribution >= 4 is 18.3 Å². The Morgan fingerprint density at radius 1 is 1.39 bits per heavy atom. The lowest BCUT2D eigenvalue weighted by molar-refractivity contribution is -0.132. The minimum absolute atomic E-state index is 0. The maximum atomic E-state index is 13.4. The Labute approximate surface area is 143 Å². The summed E-state index contributed by atoms with van der Waals surface area (Å²) in [7, 11) is 0. The lowest BCUT2D eigenvalue weighted by Crippen LogP contribution is -2.42. The predicted octanol–water partition coefficient (Wildman–Crippen LogP) is 2.99. The fourth-order valence-corrected chi connectivity index (χ4v) is 2.80. The Hall–Kier alpha value is -1.33. The highest BCUT2D eigenvalue weighted by Crippen LogP contribution is 2.20. The van der Waals surface area contributed by atoms with Crippen LogP contribution in [-0.4, -0.2) is 36.5 Å². The van der Waals surface area contributed by atoms with Gasteiger partial charge in [-0.3, -0.25) is 4.79 Å². The van der Waals surface area contributed by atoms with Gasteiger partial charge in [-0.2, -0.15) is 0 Å². The number of benzene rings is 1. The number of carbonyl (C=O) groups excluding carboxylic acids is 1. The van der Waals surface area contributed by atoms with E-state index < -0.39 is 0 Å². The number of para-hydroxylation sites is 1. The van der Waals surface area contributed by atoms with E-state index in [9.17, 15) is 9.18 Å². The van der Waals surface area contributed by atoms with Gasteiger partial charge >= 0.3 is 0 Å². The highest BCUT2D eigenvalue weighted by atomic mass is 35.5. The van der Waals surface area contributed by atoms with Crippen LogP contribution in [0.15, 0.2) is 24.3 Å². The lowest BCUT2D eigenvalue weighted by Gasteiger charge is -2.33. The molecule has 0 bridgehead atoms. The van der Waals surface area contributed by atoms with Crippen LogP contribution in [0.2, 0.25) is 0 Å². The van der Waals surface area contributed by atoms with Crippen LogP contribution >= 0.6 is 12.4 Å². The predicted molar refractivity (Wildman–Crippen MR) is 91.3 cm³/mol. The van der Waals surface area contributed by atoms with E-state index >= 15 is 0 Å². The van der Waals surface area contributed by atoms with Crippen molar-refractivity contribution in [3.05, 3.63) is 30.1 Å². The Morgan fingerprint density at radius 3 is 2.65 bits per heavy atom. The minimum atomic E-state index is -0.369. The zero-order valence-corrected chi connectivity index (χ0v) is 14.4. The molecule has 2 rings (SSSR count). The Bertz CT molecular complexity index is 491. The van der Waals surface area contributed by atoms with Crippen LogP contribution in [0.1, 0.15) is 32.6 Å². The van der Waals surface area contributed by atoms with Crippen molar-refractivity contribution in [1.82, 2.24) is 4.90 Å². The molecule has 0 spiro atoms. The molecule has 0 aromatic heterocycles. The van der Waals surface area contributed by atoms with E-state index in [0.717, 1.165) is 25.9 Å². The fraction of sp³-hybridized carbons (Fsp3) is 0.588. The zero-order valence-electron chi connectivity index (χ0n) is 13.5. The van der Waals surface area contributed by atoms with Gasteiger partial charge in [0, 0.05) is 25.6 Å². The number of nitrogens with two attached hydrogens (primary N) is 1. The Morgan fingerprint density at radius 2 is 2.04 bits per heavy atom. The Kier molecular flexibility index (Phi) is 8.34. The summed E-state index contributed by atoms with van der Waals surface area (Å²) in [5.74, 6) is 0.549. The van der Waals surface area contributed by atoms with E-state index in [4.69, 9.17) is 10.5 Å². The summed E-state index contributed by atoms with van der Waals surface area (Å²) in [5.41, 5.74) is 5.90. The number of piperidine rings is 1. The second-order valence-electron chi connectivity index (χ2n) is 5.96. The third-order valence-electron chi connectivity index (χ3n) is 4.27. The van der Waals surface area contributed by atoms with Crippen molar-refractivity contribution in [3.63, 3.8) is 0 Å². The molecule has 1 aliphatic rings. The molecule has 1 amide bonds. The lowest BCUT2D eigenvalue weighted by atomic mass is 9.91. The SMILES string of the molecule is CC(N)C1CCN(C(=O)CCCOc2ccccc2F)CC1.Cl. The molecule has 6 heteroatoms. The summed E-state index contributed by atoms with van der Waals surface area (Å²) < 4.78 is 18.7. The molecule has 1 aliphatic heterocycles. The number of ether oxygens (including phenoxy) is 1. The van der Waals surface area contributed by atoms with Crippen molar-refractivity contribution in [3.8, 4) is 5.75 Å². The molecule has 1 unspecified atom stereocenters. The monoisotopic (exact) mass is 344 g/mol. The second-order valence-corrected chi connectivity index (χ2v) is 5.96. The smallest absolute Gasteiger partial charge is 0.222 e. The Balaban J connectivity index is 0.00000264. The number of likely N-dealkylation sites (tertiary alicyclic amines) is 1. The van der Waals surface area contributed by atoms with E-state index in [1.54, 1.807) is 18.2 Å². The fourth-order valence-electron chi connectivity index (χ4n) is 2.80. The number of rotatable bonds is 6. The van der Waals surface area contributed by atoms with E-state index in [1.165, 1.54) is 6.07 Å². The van der Waals surface area contributed by atoms with Gasteiger partial charge in [0.15, 0.2) is 11.6 Å². The van der Waals surface area contributed by atoms with Gasteiger partial charge < -0.3 is 15.4 Å². The summed E-state index contributed by atoms with van der Waals surface area (Å²) in [6.45, 7) is 3.96. The standard InChI is InChI=1S/C17H25FN2O2.ClH/c1-13(19)14-8-10-20(11-9-14)17(21)7-4-12-22-16-6-3-2-5-15(16)18;/h2-3,5-6,13-14H,4,7-12,19H2,1H3;1H. The number of hydrogen-bond acceptors (Lipinski definition) is 3. The molecule has 1 fully saturated rings. The van der Waals surface area contributed by atoms with Gasteiger partial charge in [-0.1, -0.05) is 12.1 Å². The van der Waals surface area contributed by atoms with Crippen LogP contribution in [0.5, 0.6) is 5.75 Å². The van der Waals surface area contributed by atoms with Crippen molar-refractivity contribution < 1.29 is 13.9 Å². The van der Waals surface area contributed by atoms with Crippen LogP contribution in [-0.2, 0) is 4.79 Å². The molecule has 130 valence electrons. The van der Waals surface area contributed by atoms with Crippen LogP contribution < -0.4 is 10.5 Å². The van der Waals surface area contributed by atoms with Crippen molar-refractivity contribution in [1.29, 1.82) is 0 Å². The molecule has 2 N–H and O–H groups in total. The molecule has 1 saturated heterocycles. The average Bonchev–Trinajstić information content (AvgIpc) is 2.53. The molecular formula is C17H26ClFN2O2. The van der Waals surface area contributed by atoms with E-state index in [2.05, 4.69) is 0 Å². The van der Waals surface area contributed by atoms with Crippen LogP contribution in [0.4, 0.5) is 4.39 Å². The van der Waals surface area contributed by atoms with Gasteiger partial charge in [-0.25, -0.2) is 4.39 Å². The average molecular weight is 345 g/mol. The molecule has 0 aliphatic carbocycles. The first-order valence-corrected chi connectivity index (χ1v) is 7.98. The number of hydrogen-bond donors (Lipinski definition) is 1. The van der Waals surface area contributed by atoms with Gasteiger partial charge in [0.05, 0.1) is 6.61 Å². The van der Waals surface area contributed by atoms with Gasteiger partial charge in [-0.05, 0) is 44.2 Å². The van der Waals surface area contributed by atoms with Gasteiger partial charge in [0.1, 0.15) is 0 Å². The van der Waals surface area contributed by atoms with Crippen molar-refractivity contribution in [2.75, 3.05) is 19.7 Å². The number of amides is 1. The second kappa shape index (κ2) is 9.73. The molecule has 0 saturated carbocycles. The topological polar surface area (TPSA) is 55.6 Å². The van der Waals surface area contributed by atoms with E-state index in [-0.39, 0.29) is 35.9 Å². The maximum Gasteiger partial charge on any atom is 0.222 e. The summed E-state index contributed by atoms with van der Waals surface area (Å²) in [4.78, 5) is 14.0. The normalized spacial score (nSPS) is 16.6. The quantitative estimate of drug-likeness (QED) is 0.807. The molecule has 1 aromatic carbocycles. The van der Waals surface area contributed by atoms with E-state index in [0.29, 0.717) is 25.4 Å². The third-order valence-corrected chi connectivity index (χ3v) is 4.27. The largest absolute Gasteiger partial charge is 0.491 e.